The number of hydrogen-bond acceptors (Lipinski definition) is 4. The Balaban J connectivity index is 2.10. The fourth-order valence-electron chi connectivity index (χ4n) is 2.26. The molecule has 1 fully saturated rings. The maximum Gasteiger partial charge on any atom is 0.496 e. The van der Waals surface area contributed by atoms with E-state index in [-0.39, 0.29) is 11.1 Å². The first-order valence-corrected chi connectivity index (χ1v) is 6.77. The predicted octanol–water partition coefficient (Wildman–Crippen LogP) is 2.05. The quantitative estimate of drug-likeness (QED) is 0.756. The van der Waals surface area contributed by atoms with Crippen LogP contribution in [0.4, 0.5) is 13.2 Å². The second-order valence-corrected chi connectivity index (χ2v) is 6.30. The SMILES string of the molecule is CC1(C)OB(c2cc(C(F)(F)F)c3ncnn3c2)OC1(C)C. The molecule has 9 heteroatoms. The lowest BCUT2D eigenvalue weighted by Crippen LogP contribution is -2.41. The molecule has 0 radical (unpaired) electrons. The van der Waals surface area contributed by atoms with E-state index in [0.717, 1.165) is 16.9 Å². The van der Waals surface area contributed by atoms with Crippen molar-refractivity contribution in [1.82, 2.24) is 14.6 Å². The summed E-state index contributed by atoms with van der Waals surface area (Å²) in [6.07, 6.45) is -2.01. The molecular weight excluding hydrogens is 298 g/mol. The van der Waals surface area contributed by atoms with Crippen LogP contribution in [-0.4, -0.2) is 32.9 Å². The highest BCUT2D eigenvalue weighted by molar-refractivity contribution is 6.62. The van der Waals surface area contributed by atoms with E-state index in [1.807, 2.05) is 27.7 Å². The fraction of sp³-hybridized carbons (Fsp3) is 0.538. The second kappa shape index (κ2) is 4.45. The lowest BCUT2D eigenvalue weighted by molar-refractivity contribution is -0.136. The van der Waals surface area contributed by atoms with Crippen molar-refractivity contribution in [1.29, 1.82) is 0 Å². The minimum atomic E-state index is -4.53. The van der Waals surface area contributed by atoms with Gasteiger partial charge >= 0.3 is 13.3 Å². The molecule has 3 heterocycles. The maximum atomic E-state index is 13.2. The van der Waals surface area contributed by atoms with Gasteiger partial charge in [0.05, 0.1) is 16.8 Å². The molecule has 118 valence electrons. The van der Waals surface area contributed by atoms with Crippen LogP contribution in [0, 0.1) is 0 Å². The normalized spacial score (nSPS) is 20.8. The van der Waals surface area contributed by atoms with E-state index in [9.17, 15) is 13.2 Å². The molecule has 22 heavy (non-hydrogen) atoms. The zero-order valence-corrected chi connectivity index (χ0v) is 12.6. The Morgan fingerprint density at radius 2 is 1.73 bits per heavy atom. The van der Waals surface area contributed by atoms with Crippen LogP contribution >= 0.6 is 0 Å². The van der Waals surface area contributed by atoms with E-state index in [1.54, 1.807) is 0 Å². The minimum Gasteiger partial charge on any atom is -0.399 e. The van der Waals surface area contributed by atoms with Crippen molar-refractivity contribution in [2.45, 2.75) is 45.1 Å². The Bertz CT molecular complexity index is 711. The molecule has 1 saturated heterocycles. The van der Waals surface area contributed by atoms with Crippen molar-refractivity contribution in [3.63, 3.8) is 0 Å². The number of rotatable bonds is 1. The van der Waals surface area contributed by atoms with Crippen LogP contribution < -0.4 is 5.46 Å². The minimum absolute atomic E-state index is 0.243. The first-order chi connectivity index (χ1) is 10.0. The average Bonchev–Trinajstić information content (AvgIpc) is 2.89. The highest BCUT2D eigenvalue weighted by Gasteiger charge is 2.52. The summed E-state index contributed by atoms with van der Waals surface area (Å²) in [5.41, 5.74) is -2.12. The maximum absolute atomic E-state index is 13.2. The molecule has 0 aromatic carbocycles. The Morgan fingerprint density at radius 1 is 1.14 bits per heavy atom. The first-order valence-electron chi connectivity index (χ1n) is 6.77. The van der Waals surface area contributed by atoms with Crippen molar-refractivity contribution >= 4 is 18.2 Å². The first kappa shape index (κ1) is 15.3. The molecule has 5 nitrogen and oxygen atoms in total. The number of alkyl halides is 3. The molecule has 2 aromatic heterocycles. The summed E-state index contributed by atoms with van der Waals surface area (Å²) in [5.74, 6) is 0. The fourth-order valence-corrected chi connectivity index (χ4v) is 2.26. The van der Waals surface area contributed by atoms with E-state index >= 15 is 0 Å². The van der Waals surface area contributed by atoms with Gasteiger partial charge in [0.1, 0.15) is 6.33 Å². The van der Waals surface area contributed by atoms with Crippen LogP contribution in [0.3, 0.4) is 0 Å². The summed E-state index contributed by atoms with van der Waals surface area (Å²) in [6, 6.07) is 1.01. The molecule has 0 aliphatic carbocycles. The molecule has 0 saturated carbocycles. The number of nitrogens with zero attached hydrogens (tertiary/aromatic N) is 3. The third kappa shape index (κ3) is 2.28. The molecule has 1 aliphatic heterocycles. The highest BCUT2D eigenvalue weighted by Crippen LogP contribution is 2.37. The highest BCUT2D eigenvalue weighted by atomic mass is 19.4. The lowest BCUT2D eigenvalue weighted by Gasteiger charge is -2.32. The molecule has 0 N–H and O–H groups in total. The van der Waals surface area contributed by atoms with Gasteiger partial charge in [-0.05, 0) is 33.8 Å². The number of hydrogen-bond donors (Lipinski definition) is 0. The molecule has 0 atom stereocenters. The lowest BCUT2D eigenvalue weighted by atomic mass is 9.79. The average molecular weight is 313 g/mol. The zero-order chi connectivity index (χ0) is 16.3. The number of aromatic nitrogens is 3. The zero-order valence-electron chi connectivity index (χ0n) is 12.6. The molecule has 2 aromatic rings. The Morgan fingerprint density at radius 3 is 2.27 bits per heavy atom. The van der Waals surface area contributed by atoms with Crippen LogP contribution in [0.2, 0.25) is 0 Å². The molecule has 3 rings (SSSR count). The van der Waals surface area contributed by atoms with Gasteiger partial charge in [0.2, 0.25) is 0 Å². The van der Waals surface area contributed by atoms with Gasteiger partial charge < -0.3 is 9.31 Å². The Kier molecular flexibility index (Phi) is 3.10. The number of halogens is 3. The molecule has 1 aliphatic rings. The standard InChI is InChI=1S/C13H15BF3N3O2/c1-11(2)12(3,4)22-14(21-11)8-5-9(13(15,16)17)10-18-7-19-20(10)6-8/h5-7H,1-4H3. The van der Waals surface area contributed by atoms with E-state index in [1.165, 1.54) is 6.20 Å². The van der Waals surface area contributed by atoms with E-state index < -0.39 is 30.1 Å². The number of fused-ring (bicyclic) bond motifs is 1. The third-order valence-corrected chi connectivity index (χ3v) is 4.23. The van der Waals surface area contributed by atoms with Gasteiger partial charge in [-0.2, -0.15) is 18.3 Å². The Hall–Kier alpha value is -1.61. The molecular formula is C13H15BF3N3O2. The monoisotopic (exact) mass is 313 g/mol. The molecule has 0 amide bonds. The van der Waals surface area contributed by atoms with Crippen molar-refractivity contribution in [3.05, 3.63) is 24.2 Å². The van der Waals surface area contributed by atoms with Crippen LogP contribution in [0.25, 0.3) is 5.65 Å². The Labute approximate surface area is 125 Å². The van der Waals surface area contributed by atoms with Gasteiger partial charge in [-0.25, -0.2) is 9.50 Å². The van der Waals surface area contributed by atoms with Crippen molar-refractivity contribution in [2.75, 3.05) is 0 Å². The molecule has 0 unspecified atom stereocenters. The van der Waals surface area contributed by atoms with Gasteiger partial charge in [-0.15, -0.1) is 0 Å². The van der Waals surface area contributed by atoms with Crippen molar-refractivity contribution < 1.29 is 22.5 Å². The van der Waals surface area contributed by atoms with Gasteiger partial charge in [0.25, 0.3) is 0 Å². The summed E-state index contributed by atoms with van der Waals surface area (Å²) >= 11 is 0. The van der Waals surface area contributed by atoms with Crippen molar-refractivity contribution in [3.8, 4) is 0 Å². The molecule has 0 spiro atoms. The van der Waals surface area contributed by atoms with E-state index in [4.69, 9.17) is 9.31 Å². The predicted molar refractivity (Wildman–Crippen MR) is 73.7 cm³/mol. The third-order valence-electron chi connectivity index (χ3n) is 4.23. The smallest absolute Gasteiger partial charge is 0.399 e. The van der Waals surface area contributed by atoms with Crippen LogP contribution in [0.1, 0.15) is 33.3 Å². The van der Waals surface area contributed by atoms with Crippen LogP contribution in [-0.2, 0) is 15.5 Å². The summed E-state index contributed by atoms with van der Waals surface area (Å²) in [4.78, 5) is 3.66. The van der Waals surface area contributed by atoms with E-state index in [0.29, 0.717) is 0 Å². The summed E-state index contributed by atoms with van der Waals surface area (Å²) in [6.45, 7) is 7.36. The largest absolute Gasteiger partial charge is 0.496 e. The van der Waals surface area contributed by atoms with Crippen molar-refractivity contribution in [2.24, 2.45) is 0 Å². The summed E-state index contributed by atoms with van der Waals surface area (Å²) in [5, 5.41) is 3.79. The topological polar surface area (TPSA) is 48.7 Å². The van der Waals surface area contributed by atoms with Gasteiger partial charge in [0, 0.05) is 11.7 Å². The summed E-state index contributed by atoms with van der Waals surface area (Å²) in [7, 11) is -0.889. The van der Waals surface area contributed by atoms with Gasteiger partial charge in [0.15, 0.2) is 5.65 Å². The molecule has 0 bridgehead atoms. The summed E-state index contributed by atoms with van der Waals surface area (Å²) < 4.78 is 52.3. The van der Waals surface area contributed by atoms with Gasteiger partial charge in [-0.3, -0.25) is 0 Å². The second-order valence-electron chi connectivity index (χ2n) is 6.30. The number of pyridine rings is 1. The van der Waals surface area contributed by atoms with Crippen LogP contribution in [0.15, 0.2) is 18.6 Å². The van der Waals surface area contributed by atoms with Gasteiger partial charge in [-0.1, -0.05) is 0 Å². The van der Waals surface area contributed by atoms with Crippen LogP contribution in [0.5, 0.6) is 0 Å². The van der Waals surface area contributed by atoms with E-state index in [2.05, 4.69) is 10.1 Å².